The number of carbonyl (C=O) groups excluding carboxylic acids is 1. The van der Waals surface area contributed by atoms with Gasteiger partial charge in [-0.2, -0.15) is 0 Å². The molecule has 0 N–H and O–H groups in total. The Morgan fingerprint density at radius 1 is 1.70 bits per heavy atom. The fourth-order valence-electron chi connectivity index (χ4n) is 1.45. The molecular formula is C8H14O2. The van der Waals surface area contributed by atoms with Gasteiger partial charge in [0.15, 0.2) is 0 Å². The van der Waals surface area contributed by atoms with Crippen molar-refractivity contribution >= 4 is 5.97 Å². The topological polar surface area (TPSA) is 26.3 Å². The SMILES string of the molecule is CCC1C(=O)OCC[C@H]1C. The van der Waals surface area contributed by atoms with Gasteiger partial charge in [-0.15, -0.1) is 0 Å². The summed E-state index contributed by atoms with van der Waals surface area (Å²) in [5.74, 6) is 0.682. The zero-order valence-electron chi connectivity index (χ0n) is 6.59. The molecule has 1 saturated heterocycles. The highest BCUT2D eigenvalue weighted by atomic mass is 16.5. The molecule has 58 valence electrons. The van der Waals surface area contributed by atoms with Crippen LogP contribution in [0.15, 0.2) is 0 Å². The molecule has 0 aliphatic carbocycles. The smallest absolute Gasteiger partial charge is 0.309 e. The van der Waals surface area contributed by atoms with Gasteiger partial charge in [0.25, 0.3) is 0 Å². The second-order valence-electron chi connectivity index (χ2n) is 2.95. The predicted molar refractivity (Wildman–Crippen MR) is 38.5 cm³/mol. The van der Waals surface area contributed by atoms with E-state index in [1.165, 1.54) is 0 Å². The van der Waals surface area contributed by atoms with E-state index < -0.39 is 0 Å². The van der Waals surface area contributed by atoms with Crippen LogP contribution in [0.5, 0.6) is 0 Å². The molecular weight excluding hydrogens is 128 g/mol. The van der Waals surface area contributed by atoms with Crippen molar-refractivity contribution in [3.8, 4) is 0 Å². The minimum atomic E-state index is 0.00116. The zero-order chi connectivity index (χ0) is 7.56. The quantitative estimate of drug-likeness (QED) is 0.520. The van der Waals surface area contributed by atoms with E-state index >= 15 is 0 Å². The van der Waals surface area contributed by atoms with Crippen LogP contribution in [0.2, 0.25) is 0 Å². The van der Waals surface area contributed by atoms with E-state index in [2.05, 4.69) is 6.92 Å². The summed E-state index contributed by atoms with van der Waals surface area (Å²) >= 11 is 0. The molecule has 0 aromatic rings. The third-order valence-corrected chi connectivity index (χ3v) is 2.25. The number of cyclic esters (lactones) is 1. The average molecular weight is 142 g/mol. The van der Waals surface area contributed by atoms with Gasteiger partial charge in [-0.3, -0.25) is 4.79 Å². The molecule has 2 nitrogen and oxygen atoms in total. The maximum atomic E-state index is 11.0. The van der Waals surface area contributed by atoms with Crippen molar-refractivity contribution in [2.24, 2.45) is 11.8 Å². The van der Waals surface area contributed by atoms with E-state index in [9.17, 15) is 4.79 Å². The first-order chi connectivity index (χ1) is 4.75. The summed E-state index contributed by atoms with van der Waals surface area (Å²) < 4.78 is 4.91. The lowest BCUT2D eigenvalue weighted by Gasteiger charge is -2.25. The molecule has 0 saturated carbocycles. The van der Waals surface area contributed by atoms with Gasteiger partial charge >= 0.3 is 5.97 Å². The van der Waals surface area contributed by atoms with Crippen molar-refractivity contribution in [3.05, 3.63) is 0 Å². The Morgan fingerprint density at radius 3 is 2.80 bits per heavy atom. The molecule has 0 aromatic carbocycles. The molecule has 1 rings (SSSR count). The van der Waals surface area contributed by atoms with Gasteiger partial charge in [0.1, 0.15) is 0 Å². The molecule has 0 bridgehead atoms. The molecule has 10 heavy (non-hydrogen) atoms. The first-order valence-electron chi connectivity index (χ1n) is 3.92. The summed E-state index contributed by atoms with van der Waals surface area (Å²) in [4.78, 5) is 11.0. The van der Waals surface area contributed by atoms with Crippen LogP contribution in [-0.4, -0.2) is 12.6 Å². The Bertz CT molecular complexity index is 131. The van der Waals surface area contributed by atoms with E-state index in [4.69, 9.17) is 4.74 Å². The molecule has 0 radical (unpaired) electrons. The molecule has 1 fully saturated rings. The molecule has 1 unspecified atom stereocenters. The van der Waals surface area contributed by atoms with E-state index in [0.29, 0.717) is 12.5 Å². The highest BCUT2D eigenvalue weighted by molar-refractivity contribution is 5.73. The highest BCUT2D eigenvalue weighted by Gasteiger charge is 2.28. The van der Waals surface area contributed by atoms with Crippen molar-refractivity contribution in [1.82, 2.24) is 0 Å². The minimum absolute atomic E-state index is 0.00116. The second-order valence-corrected chi connectivity index (χ2v) is 2.95. The van der Waals surface area contributed by atoms with E-state index in [-0.39, 0.29) is 11.9 Å². The van der Waals surface area contributed by atoms with Crippen molar-refractivity contribution < 1.29 is 9.53 Å². The fraction of sp³-hybridized carbons (Fsp3) is 0.875. The largest absolute Gasteiger partial charge is 0.465 e. The van der Waals surface area contributed by atoms with Crippen LogP contribution in [-0.2, 0) is 9.53 Å². The van der Waals surface area contributed by atoms with Crippen LogP contribution in [0.4, 0.5) is 0 Å². The molecule has 2 atom stereocenters. The van der Waals surface area contributed by atoms with Crippen LogP contribution in [0.25, 0.3) is 0 Å². The molecule has 0 amide bonds. The van der Waals surface area contributed by atoms with Crippen LogP contribution < -0.4 is 0 Å². The summed E-state index contributed by atoms with van der Waals surface area (Å²) in [6.45, 7) is 4.78. The number of hydrogen-bond acceptors (Lipinski definition) is 2. The third kappa shape index (κ3) is 1.31. The fourth-order valence-corrected chi connectivity index (χ4v) is 1.45. The lowest BCUT2D eigenvalue weighted by atomic mass is 9.88. The number of esters is 1. The van der Waals surface area contributed by atoms with Crippen LogP contribution in [0, 0.1) is 11.8 Å². The highest BCUT2D eigenvalue weighted by Crippen LogP contribution is 2.24. The van der Waals surface area contributed by atoms with Crippen LogP contribution >= 0.6 is 0 Å². The summed E-state index contributed by atoms with van der Waals surface area (Å²) in [5.41, 5.74) is 0. The van der Waals surface area contributed by atoms with Gasteiger partial charge in [-0.05, 0) is 18.8 Å². The zero-order valence-corrected chi connectivity index (χ0v) is 6.59. The lowest BCUT2D eigenvalue weighted by Crippen LogP contribution is -2.30. The van der Waals surface area contributed by atoms with Gasteiger partial charge in [0.2, 0.25) is 0 Å². The van der Waals surface area contributed by atoms with E-state index in [0.717, 1.165) is 12.8 Å². The van der Waals surface area contributed by atoms with Gasteiger partial charge in [-0.1, -0.05) is 13.8 Å². The molecule has 1 aliphatic heterocycles. The number of rotatable bonds is 1. The number of ether oxygens (including phenoxy) is 1. The summed E-state index contributed by atoms with van der Waals surface area (Å²) in [6.07, 6.45) is 1.95. The number of carbonyl (C=O) groups is 1. The summed E-state index contributed by atoms with van der Waals surface area (Å²) in [6, 6.07) is 0. The van der Waals surface area contributed by atoms with Gasteiger partial charge in [0, 0.05) is 0 Å². The molecule has 1 aliphatic rings. The van der Waals surface area contributed by atoms with Gasteiger partial charge < -0.3 is 4.74 Å². The van der Waals surface area contributed by atoms with E-state index in [1.807, 2.05) is 6.92 Å². The van der Waals surface area contributed by atoms with Crippen molar-refractivity contribution in [1.29, 1.82) is 0 Å². The Morgan fingerprint density at radius 2 is 2.40 bits per heavy atom. The summed E-state index contributed by atoms with van der Waals surface area (Å²) in [7, 11) is 0. The van der Waals surface area contributed by atoms with Crippen LogP contribution in [0.3, 0.4) is 0 Å². The van der Waals surface area contributed by atoms with Crippen molar-refractivity contribution in [2.45, 2.75) is 26.7 Å². The monoisotopic (exact) mass is 142 g/mol. The Labute approximate surface area is 61.6 Å². The van der Waals surface area contributed by atoms with Crippen LogP contribution in [0.1, 0.15) is 26.7 Å². The third-order valence-electron chi connectivity index (χ3n) is 2.25. The lowest BCUT2D eigenvalue weighted by molar-refractivity contribution is -0.156. The van der Waals surface area contributed by atoms with E-state index in [1.54, 1.807) is 0 Å². The molecule has 0 spiro atoms. The Kier molecular flexibility index (Phi) is 2.30. The number of hydrogen-bond donors (Lipinski definition) is 0. The van der Waals surface area contributed by atoms with Gasteiger partial charge in [-0.25, -0.2) is 0 Å². The van der Waals surface area contributed by atoms with Crippen molar-refractivity contribution in [2.75, 3.05) is 6.61 Å². The molecule has 0 aromatic heterocycles. The van der Waals surface area contributed by atoms with Crippen molar-refractivity contribution in [3.63, 3.8) is 0 Å². The van der Waals surface area contributed by atoms with Gasteiger partial charge in [0.05, 0.1) is 12.5 Å². The maximum Gasteiger partial charge on any atom is 0.309 e. The second kappa shape index (κ2) is 3.04. The Hall–Kier alpha value is -0.530. The minimum Gasteiger partial charge on any atom is -0.465 e. The first kappa shape index (κ1) is 7.58. The Balaban J connectivity index is 2.53. The average Bonchev–Trinajstić information content (AvgIpc) is 1.88. The molecule has 1 heterocycles. The maximum absolute atomic E-state index is 11.0. The predicted octanol–water partition coefficient (Wildman–Crippen LogP) is 1.60. The summed E-state index contributed by atoms with van der Waals surface area (Å²) in [5, 5.41) is 0. The normalized spacial score (nSPS) is 33.6. The molecule has 2 heteroatoms. The first-order valence-corrected chi connectivity index (χ1v) is 3.92. The standard InChI is InChI=1S/C8H14O2/c1-3-7-6(2)4-5-10-8(7)9/h6-7H,3-5H2,1-2H3/t6-,7?/m1/s1.